The Labute approximate surface area is 152 Å². The summed E-state index contributed by atoms with van der Waals surface area (Å²) in [5.74, 6) is 1.50. The molecule has 2 N–H and O–H groups in total. The lowest BCUT2D eigenvalue weighted by atomic mass is 10.1. The molecule has 0 saturated heterocycles. The first-order valence-corrected chi connectivity index (χ1v) is 9.62. The molecule has 0 bridgehead atoms. The summed E-state index contributed by atoms with van der Waals surface area (Å²) in [5.41, 5.74) is 4.21. The van der Waals surface area contributed by atoms with Crippen LogP contribution in [-0.2, 0) is 4.79 Å². The van der Waals surface area contributed by atoms with Crippen LogP contribution in [0.15, 0.2) is 47.3 Å². The third-order valence-corrected chi connectivity index (χ3v) is 4.60. The van der Waals surface area contributed by atoms with Gasteiger partial charge in [-0.25, -0.2) is 0 Å². The predicted octanol–water partition coefficient (Wildman–Crippen LogP) is 5.33. The monoisotopic (exact) mass is 351 g/mol. The van der Waals surface area contributed by atoms with Crippen molar-refractivity contribution in [3.8, 4) is 0 Å². The van der Waals surface area contributed by atoms with E-state index in [4.69, 9.17) is 0 Å². The lowest BCUT2D eigenvalue weighted by molar-refractivity contribution is -0.110. The second-order valence-corrected chi connectivity index (χ2v) is 7.40. The quantitative estimate of drug-likeness (QED) is 0.204. The van der Waals surface area contributed by atoms with Crippen LogP contribution in [0, 0.1) is 0 Å². The van der Waals surface area contributed by atoms with Gasteiger partial charge in [0.15, 0.2) is 0 Å². The number of carbonyl (C=O) groups excluding carboxylic acids is 1. The molecule has 0 aromatic carbocycles. The number of carbonyl (C=O) groups is 1. The fourth-order valence-electron chi connectivity index (χ4n) is 2.05. The molecule has 0 aliphatic heterocycles. The molecule has 1 unspecified atom stereocenters. The minimum atomic E-state index is -0.368. The fraction of sp³-hybridized carbons (Fsp3) is 0.550. The Morgan fingerprint density at radius 2 is 1.67 bits per heavy atom. The molecular formula is C20H33NO2S. The van der Waals surface area contributed by atoms with Crippen LogP contribution in [0.3, 0.4) is 0 Å². The number of aliphatic hydroxyl groups excluding tert-OH is 1. The normalized spacial score (nSPS) is 13.3. The van der Waals surface area contributed by atoms with E-state index in [9.17, 15) is 9.90 Å². The molecular weight excluding hydrogens is 318 g/mol. The highest BCUT2D eigenvalue weighted by molar-refractivity contribution is 7.99. The van der Waals surface area contributed by atoms with Crippen LogP contribution >= 0.6 is 11.8 Å². The average molecular weight is 352 g/mol. The van der Waals surface area contributed by atoms with Gasteiger partial charge < -0.3 is 10.4 Å². The molecule has 3 nitrogen and oxygen atoms in total. The van der Waals surface area contributed by atoms with E-state index in [2.05, 4.69) is 57.8 Å². The summed E-state index contributed by atoms with van der Waals surface area (Å²) in [6.45, 7) is 12.1. The van der Waals surface area contributed by atoms with Gasteiger partial charge >= 0.3 is 0 Å². The van der Waals surface area contributed by atoms with Gasteiger partial charge in [-0.05, 0) is 53.4 Å². The van der Waals surface area contributed by atoms with Crippen molar-refractivity contribution in [2.75, 3.05) is 11.5 Å². The Morgan fingerprint density at radius 1 is 1.08 bits per heavy atom. The Bertz CT molecular complexity index is 474. The highest BCUT2D eigenvalue weighted by Crippen LogP contribution is 2.13. The molecule has 0 aliphatic rings. The second-order valence-electron chi connectivity index (χ2n) is 6.33. The molecule has 0 rings (SSSR count). The maximum atomic E-state index is 10.4. The molecule has 136 valence electrons. The van der Waals surface area contributed by atoms with Crippen molar-refractivity contribution in [1.29, 1.82) is 0 Å². The van der Waals surface area contributed by atoms with Gasteiger partial charge in [-0.3, -0.25) is 4.79 Å². The molecule has 0 saturated carbocycles. The van der Waals surface area contributed by atoms with Crippen LogP contribution in [0.4, 0.5) is 0 Å². The SMILES string of the molecule is C=C(O)C(CSC/C=C(\C)CC/C=C(\C)CCC=C(C)C)NC=O. The van der Waals surface area contributed by atoms with E-state index < -0.39 is 0 Å². The largest absolute Gasteiger partial charge is 0.511 e. The average Bonchev–Trinajstić information content (AvgIpc) is 2.49. The molecule has 0 aromatic heterocycles. The van der Waals surface area contributed by atoms with Crippen molar-refractivity contribution in [3.05, 3.63) is 47.3 Å². The van der Waals surface area contributed by atoms with Crippen LogP contribution in [0.1, 0.15) is 53.4 Å². The highest BCUT2D eigenvalue weighted by Gasteiger charge is 2.09. The zero-order valence-electron chi connectivity index (χ0n) is 15.6. The Balaban J connectivity index is 4.00. The molecule has 1 amide bonds. The maximum Gasteiger partial charge on any atom is 0.207 e. The van der Waals surface area contributed by atoms with Gasteiger partial charge in [0.25, 0.3) is 0 Å². The summed E-state index contributed by atoms with van der Waals surface area (Å²) < 4.78 is 0. The van der Waals surface area contributed by atoms with Crippen LogP contribution in [0.5, 0.6) is 0 Å². The highest BCUT2D eigenvalue weighted by atomic mass is 32.2. The second kappa shape index (κ2) is 14.0. The molecule has 0 aromatic rings. The summed E-state index contributed by atoms with van der Waals surface area (Å²) >= 11 is 1.67. The minimum Gasteiger partial charge on any atom is -0.511 e. The van der Waals surface area contributed by atoms with Crippen LogP contribution < -0.4 is 5.32 Å². The van der Waals surface area contributed by atoms with Crippen LogP contribution in [0.2, 0.25) is 0 Å². The molecule has 0 fully saturated rings. The molecule has 4 heteroatoms. The van der Waals surface area contributed by atoms with Crippen molar-refractivity contribution < 1.29 is 9.90 Å². The fourth-order valence-corrected chi connectivity index (χ4v) is 3.11. The van der Waals surface area contributed by atoms with E-state index >= 15 is 0 Å². The third kappa shape index (κ3) is 13.1. The van der Waals surface area contributed by atoms with Crippen molar-refractivity contribution >= 4 is 18.2 Å². The molecule has 24 heavy (non-hydrogen) atoms. The lowest BCUT2D eigenvalue weighted by Crippen LogP contribution is -2.31. The maximum absolute atomic E-state index is 10.4. The first-order chi connectivity index (χ1) is 11.4. The summed E-state index contributed by atoms with van der Waals surface area (Å²) in [4.78, 5) is 10.4. The van der Waals surface area contributed by atoms with Crippen molar-refractivity contribution in [1.82, 2.24) is 5.32 Å². The zero-order chi connectivity index (χ0) is 18.4. The number of nitrogens with one attached hydrogen (secondary N) is 1. The number of allylic oxidation sites excluding steroid dienone is 5. The number of thioether (sulfide) groups is 1. The number of hydrogen-bond acceptors (Lipinski definition) is 3. The van der Waals surface area contributed by atoms with E-state index in [1.54, 1.807) is 11.8 Å². The topological polar surface area (TPSA) is 49.3 Å². The van der Waals surface area contributed by atoms with Gasteiger partial charge in [0.05, 0.1) is 6.04 Å². The van der Waals surface area contributed by atoms with E-state index in [1.807, 2.05) is 0 Å². The number of amides is 1. The molecule has 0 heterocycles. The minimum absolute atomic E-state index is 0.00373. The molecule has 1 atom stereocenters. The van der Waals surface area contributed by atoms with E-state index in [0.717, 1.165) is 31.4 Å². The standard InChI is InChI=1S/C20H33NO2S/c1-16(2)8-6-9-17(3)10-7-11-18(4)12-13-24-14-20(19(5)23)21-15-22/h8,10,12,15,20,23H,5-7,9,11,13-14H2,1-4H3,(H,21,22)/b17-10+,18-12+. The van der Waals surface area contributed by atoms with E-state index in [0.29, 0.717) is 12.2 Å². The Hall–Kier alpha value is -1.42. The van der Waals surface area contributed by atoms with Gasteiger partial charge in [0, 0.05) is 11.5 Å². The number of hydrogen-bond donors (Lipinski definition) is 2. The summed E-state index contributed by atoms with van der Waals surface area (Å²) in [7, 11) is 0. The first kappa shape index (κ1) is 22.6. The van der Waals surface area contributed by atoms with Gasteiger partial charge in [-0.1, -0.05) is 41.5 Å². The van der Waals surface area contributed by atoms with Gasteiger partial charge in [0.2, 0.25) is 6.41 Å². The Morgan fingerprint density at radius 3 is 2.21 bits per heavy atom. The first-order valence-electron chi connectivity index (χ1n) is 8.46. The Kier molecular flexibility index (Phi) is 13.1. The number of aliphatic hydroxyl groups is 1. The summed E-state index contributed by atoms with van der Waals surface area (Å²) in [6.07, 6.45) is 11.9. The summed E-state index contributed by atoms with van der Waals surface area (Å²) in [6, 6.07) is -0.368. The molecule has 0 radical (unpaired) electrons. The van der Waals surface area contributed by atoms with Gasteiger partial charge in [-0.15, -0.1) is 0 Å². The van der Waals surface area contributed by atoms with Crippen LogP contribution in [0.25, 0.3) is 0 Å². The van der Waals surface area contributed by atoms with Gasteiger partial charge in [-0.2, -0.15) is 11.8 Å². The predicted molar refractivity (Wildman–Crippen MR) is 107 cm³/mol. The third-order valence-electron chi connectivity index (χ3n) is 3.63. The molecule has 0 aliphatic carbocycles. The van der Waals surface area contributed by atoms with Crippen molar-refractivity contribution in [2.24, 2.45) is 0 Å². The zero-order valence-corrected chi connectivity index (χ0v) is 16.4. The van der Waals surface area contributed by atoms with E-state index in [-0.39, 0.29) is 11.8 Å². The van der Waals surface area contributed by atoms with Crippen molar-refractivity contribution in [3.63, 3.8) is 0 Å². The summed E-state index contributed by atoms with van der Waals surface area (Å²) in [5, 5.41) is 11.9. The van der Waals surface area contributed by atoms with Crippen molar-refractivity contribution in [2.45, 2.75) is 59.4 Å². The number of rotatable bonds is 13. The molecule has 0 spiro atoms. The smallest absolute Gasteiger partial charge is 0.207 e. The lowest BCUT2D eigenvalue weighted by Gasteiger charge is -2.13. The van der Waals surface area contributed by atoms with Gasteiger partial charge in [0.1, 0.15) is 5.76 Å². The van der Waals surface area contributed by atoms with Crippen LogP contribution in [-0.4, -0.2) is 29.1 Å². The van der Waals surface area contributed by atoms with E-state index in [1.165, 1.54) is 16.7 Å².